The Hall–Kier alpha value is -2.82. The molecule has 0 saturated carbocycles. The van der Waals surface area contributed by atoms with Crippen LogP contribution in [0.25, 0.3) is 10.6 Å². The molecule has 0 aliphatic heterocycles. The molecule has 124 valence electrons. The Kier molecular flexibility index (Phi) is 4.01. The van der Waals surface area contributed by atoms with E-state index in [0.717, 1.165) is 17.5 Å². The Morgan fingerprint density at radius 2 is 2.08 bits per heavy atom. The van der Waals surface area contributed by atoms with Crippen LogP contribution in [0, 0.1) is 6.92 Å². The molecule has 0 radical (unpaired) electrons. The third-order valence-corrected chi connectivity index (χ3v) is 3.99. The summed E-state index contributed by atoms with van der Waals surface area (Å²) in [5.74, 6) is -1.23. The summed E-state index contributed by atoms with van der Waals surface area (Å²) in [4.78, 5) is 27.0. The van der Waals surface area contributed by atoms with Crippen LogP contribution < -0.4 is 5.32 Å². The summed E-state index contributed by atoms with van der Waals surface area (Å²) in [5, 5.41) is 2.79. The molecule has 11 heteroatoms. The first-order valence-electron chi connectivity index (χ1n) is 6.52. The van der Waals surface area contributed by atoms with Gasteiger partial charge in [-0.15, -0.1) is 0 Å². The zero-order valence-corrected chi connectivity index (χ0v) is 12.9. The molecule has 24 heavy (non-hydrogen) atoms. The van der Waals surface area contributed by atoms with Crippen molar-refractivity contribution in [2.24, 2.45) is 0 Å². The van der Waals surface area contributed by atoms with Gasteiger partial charge in [0.25, 0.3) is 0 Å². The van der Waals surface area contributed by atoms with Crippen LogP contribution in [0.4, 0.5) is 23.1 Å². The highest BCUT2D eigenvalue weighted by Crippen LogP contribution is 2.33. The highest BCUT2D eigenvalue weighted by Gasteiger charge is 2.35. The molecule has 0 bridgehead atoms. The number of aryl methyl sites for hydroxylation is 1. The van der Waals surface area contributed by atoms with E-state index in [1.807, 2.05) is 0 Å². The number of hydrogen-bond acceptors (Lipinski definition) is 6. The summed E-state index contributed by atoms with van der Waals surface area (Å²) < 4.78 is 39.4. The molecule has 0 spiro atoms. The summed E-state index contributed by atoms with van der Waals surface area (Å²) in [6.45, 7) is 1.62. The normalized spacial score (nSPS) is 11.5. The minimum absolute atomic E-state index is 0.0930. The smallest absolute Gasteiger partial charge is 0.283 e. The third kappa shape index (κ3) is 3.25. The van der Waals surface area contributed by atoms with Gasteiger partial charge in [-0.3, -0.25) is 9.88 Å². The Morgan fingerprint density at radius 1 is 1.29 bits per heavy atom. The standard InChI is InChI=1S/C13H9F3N6OS/c1-7-9(8-2-3-18-10(20-8)13(14,15)16)24-11(19-7)21-12(23)22-5-4-17-6-22/h2-6H,1H3,(H,19,21,23). The monoisotopic (exact) mass is 354 g/mol. The van der Waals surface area contributed by atoms with Crippen molar-refractivity contribution in [2.75, 3.05) is 5.32 Å². The first-order valence-corrected chi connectivity index (χ1v) is 7.33. The van der Waals surface area contributed by atoms with Crippen LogP contribution in [-0.2, 0) is 6.18 Å². The number of amides is 1. The lowest BCUT2D eigenvalue weighted by molar-refractivity contribution is -0.144. The molecule has 0 unspecified atom stereocenters. The lowest BCUT2D eigenvalue weighted by Gasteiger charge is -2.05. The second-order valence-electron chi connectivity index (χ2n) is 4.60. The Balaban J connectivity index is 1.88. The van der Waals surface area contributed by atoms with Gasteiger partial charge in [0.2, 0.25) is 5.82 Å². The van der Waals surface area contributed by atoms with Gasteiger partial charge in [0, 0.05) is 18.6 Å². The number of carbonyl (C=O) groups excluding carboxylic acids is 1. The molecule has 0 saturated heterocycles. The number of thiazole rings is 1. The fraction of sp³-hybridized carbons (Fsp3) is 0.154. The van der Waals surface area contributed by atoms with Crippen LogP contribution in [0.3, 0.4) is 0 Å². The number of rotatable bonds is 2. The first kappa shape index (κ1) is 16.1. The average molecular weight is 354 g/mol. The summed E-state index contributed by atoms with van der Waals surface area (Å²) in [5.41, 5.74) is 0.545. The van der Waals surface area contributed by atoms with E-state index < -0.39 is 18.0 Å². The summed E-state index contributed by atoms with van der Waals surface area (Å²) in [7, 11) is 0. The molecular formula is C13H9F3N6OS. The van der Waals surface area contributed by atoms with E-state index >= 15 is 0 Å². The number of hydrogen-bond donors (Lipinski definition) is 1. The molecule has 7 nitrogen and oxygen atoms in total. The Morgan fingerprint density at radius 3 is 2.75 bits per heavy atom. The van der Waals surface area contributed by atoms with Crippen molar-refractivity contribution >= 4 is 22.5 Å². The van der Waals surface area contributed by atoms with Crippen molar-refractivity contribution in [3.8, 4) is 10.6 Å². The van der Waals surface area contributed by atoms with Crippen LogP contribution in [-0.4, -0.2) is 30.5 Å². The van der Waals surface area contributed by atoms with Crippen molar-refractivity contribution < 1.29 is 18.0 Å². The van der Waals surface area contributed by atoms with Crippen molar-refractivity contribution in [1.82, 2.24) is 24.5 Å². The van der Waals surface area contributed by atoms with Gasteiger partial charge in [-0.05, 0) is 13.0 Å². The maximum Gasteiger partial charge on any atom is 0.451 e. The molecule has 0 aliphatic rings. The van der Waals surface area contributed by atoms with Crippen LogP contribution in [0.1, 0.15) is 11.5 Å². The number of carbonyl (C=O) groups is 1. The van der Waals surface area contributed by atoms with Gasteiger partial charge in [0.1, 0.15) is 6.33 Å². The largest absolute Gasteiger partial charge is 0.451 e. The van der Waals surface area contributed by atoms with Gasteiger partial charge in [-0.2, -0.15) is 13.2 Å². The van der Waals surface area contributed by atoms with Crippen LogP contribution >= 0.6 is 11.3 Å². The quantitative estimate of drug-likeness (QED) is 0.764. The second-order valence-corrected chi connectivity index (χ2v) is 5.60. The topological polar surface area (TPSA) is 85.6 Å². The molecule has 0 aromatic carbocycles. The number of nitrogens with one attached hydrogen (secondary N) is 1. The predicted molar refractivity (Wildman–Crippen MR) is 79.5 cm³/mol. The third-order valence-electron chi connectivity index (χ3n) is 2.89. The van der Waals surface area contributed by atoms with Gasteiger partial charge < -0.3 is 0 Å². The van der Waals surface area contributed by atoms with E-state index in [-0.39, 0.29) is 10.8 Å². The maximum absolute atomic E-state index is 12.7. The van der Waals surface area contributed by atoms with Crippen molar-refractivity contribution in [1.29, 1.82) is 0 Å². The molecule has 3 rings (SSSR count). The molecule has 0 aliphatic carbocycles. The van der Waals surface area contributed by atoms with Crippen molar-refractivity contribution in [3.05, 3.63) is 42.5 Å². The number of halogens is 3. The van der Waals surface area contributed by atoms with Gasteiger partial charge in [-0.25, -0.2) is 24.7 Å². The molecule has 3 heterocycles. The number of aromatic nitrogens is 5. The molecular weight excluding hydrogens is 345 g/mol. The number of imidazole rings is 1. The van der Waals surface area contributed by atoms with E-state index in [1.165, 1.54) is 29.4 Å². The van der Waals surface area contributed by atoms with Gasteiger partial charge >= 0.3 is 12.2 Å². The Labute approximate surface area is 137 Å². The minimum Gasteiger partial charge on any atom is -0.283 e. The summed E-state index contributed by atoms with van der Waals surface area (Å²) >= 11 is 1.02. The number of nitrogens with zero attached hydrogens (tertiary/aromatic N) is 5. The summed E-state index contributed by atoms with van der Waals surface area (Å²) in [6, 6.07) is 0.878. The molecule has 3 aromatic rings. The van der Waals surface area contributed by atoms with E-state index in [9.17, 15) is 18.0 Å². The molecule has 0 atom stereocenters. The van der Waals surface area contributed by atoms with Gasteiger partial charge in [0.15, 0.2) is 5.13 Å². The fourth-order valence-corrected chi connectivity index (χ4v) is 2.77. The molecule has 0 fully saturated rings. The predicted octanol–water partition coefficient (Wildman–Crippen LogP) is 3.20. The van der Waals surface area contributed by atoms with E-state index in [4.69, 9.17) is 0 Å². The number of alkyl halides is 3. The molecule has 1 amide bonds. The average Bonchev–Trinajstić information content (AvgIpc) is 3.16. The highest BCUT2D eigenvalue weighted by atomic mass is 32.1. The lowest BCUT2D eigenvalue weighted by Crippen LogP contribution is -2.17. The van der Waals surface area contributed by atoms with E-state index in [2.05, 4.69) is 25.3 Å². The molecule has 1 N–H and O–H groups in total. The van der Waals surface area contributed by atoms with Crippen molar-refractivity contribution in [2.45, 2.75) is 13.1 Å². The maximum atomic E-state index is 12.7. The zero-order valence-electron chi connectivity index (χ0n) is 12.1. The van der Waals surface area contributed by atoms with Crippen molar-refractivity contribution in [3.63, 3.8) is 0 Å². The van der Waals surface area contributed by atoms with Crippen LogP contribution in [0.2, 0.25) is 0 Å². The lowest BCUT2D eigenvalue weighted by atomic mass is 10.3. The fourth-order valence-electron chi connectivity index (χ4n) is 1.84. The van der Waals surface area contributed by atoms with E-state index in [1.54, 1.807) is 6.92 Å². The second kappa shape index (κ2) is 6.00. The van der Waals surface area contributed by atoms with Crippen LogP contribution in [0.15, 0.2) is 31.0 Å². The van der Waals surface area contributed by atoms with Gasteiger partial charge in [-0.1, -0.05) is 11.3 Å². The van der Waals surface area contributed by atoms with E-state index in [0.29, 0.717) is 10.6 Å². The number of anilines is 1. The molecule has 3 aromatic heterocycles. The summed E-state index contributed by atoms with van der Waals surface area (Å²) in [6.07, 6.45) is 0.617. The Bertz CT molecular complexity index is 874. The van der Waals surface area contributed by atoms with Crippen LogP contribution in [0.5, 0.6) is 0 Å². The van der Waals surface area contributed by atoms with Gasteiger partial charge in [0.05, 0.1) is 16.3 Å². The SMILES string of the molecule is Cc1nc(NC(=O)n2ccnc2)sc1-c1ccnc(C(F)(F)F)n1. The first-order chi connectivity index (χ1) is 11.3. The zero-order chi connectivity index (χ0) is 17.3. The highest BCUT2D eigenvalue weighted by molar-refractivity contribution is 7.19. The minimum atomic E-state index is -4.63.